The van der Waals surface area contributed by atoms with Crippen LogP contribution in [-0.4, -0.2) is 18.9 Å². The predicted octanol–water partition coefficient (Wildman–Crippen LogP) is 5.17. The minimum absolute atomic E-state index is 0.0899. The molecule has 4 rings (SSSR count). The maximum Gasteiger partial charge on any atom is 0.338 e. The maximum atomic E-state index is 14.7. The van der Waals surface area contributed by atoms with E-state index in [0.717, 1.165) is 31.4 Å². The third kappa shape index (κ3) is 3.75. The van der Waals surface area contributed by atoms with Crippen LogP contribution >= 0.6 is 0 Å². The summed E-state index contributed by atoms with van der Waals surface area (Å²) in [7, 11) is 1.01. The normalized spacial score (nSPS) is 16.9. The summed E-state index contributed by atoms with van der Waals surface area (Å²) in [5.41, 5.74) is -2.22. The first-order valence-corrected chi connectivity index (χ1v) is 9.72. The molecule has 3 aromatic rings. The summed E-state index contributed by atoms with van der Waals surface area (Å²) in [6, 6.07) is 5.60. The van der Waals surface area contributed by atoms with E-state index in [4.69, 9.17) is 5.26 Å². The molecule has 1 aliphatic rings. The van der Waals surface area contributed by atoms with E-state index in [2.05, 4.69) is 10.1 Å². The molecule has 0 spiro atoms. The highest BCUT2D eigenvalue weighted by Crippen LogP contribution is 2.45. The van der Waals surface area contributed by atoms with E-state index in [1.54, 1.807) is 6.07 Å². The number of anilines is 1. The molecule has 10 heteroatoms. The van der Waals surface area contributed by atoms with Crippen molar-refractivity contribution in [3.63, 3.8) is 0 Å². The van der Waals surface area contributed by atoms with Crippen LogP contribution in [0.3, 0.4) is 0 Å². The van der Waals surface area contributed by atoms with Crippen LogP contribution < -0.4 is 5.32 Å². The second-order valence-electron chi connectivity index (χ2n) is 7.47. The molecular weight excluding hydrogens is 459 g/mol. The lowest BCUT2D eigenvalue weighted by molar-refractivity contribution is 0.0595. The Labute approximate surface area is 189 Å². The zero-order chi connectivity index (χ0) is 24.7. The summed E-state index contributed by atoms with van der Waals surface area (Å²) in [6.07, 6.45) is 0. The van der Waals surface area contributed by atoms with Crippen molar-refractivity contribution in [2.24, 2.45) is 0 Å². The van der Waals surface area contributed by atoms with E-state index >= 15 is 0 Å². The Morgan fingerprint density at radius 1 is 0.971 bits per heavy atom. The fourth-order valence-electron chi connectivity index (χ4n) is 4.06. The summed E-state index contributed by atoms with van der Waals surface area (Å²) in [5, 5.41) is 11.6. The van der Waals surface area contributed by atoms with Gasteiger partial charge in [-0.2, -0.15) is 5.26 Å². The Morgan fingerprint density at radius 3 is 2.21 bits per heavy atom. The summed E-state index contributed by atoms with van der Waals surface area (Å²) in [5.74, 6) is -9.31. The standard InChI is InChI=1S/C24H13F5N2O3/c1-34-24(33)14-5-12(25)8-18-20(14)23(32)19(10-2-3-11(9-30)15(27)4-10)22(31-18)21-16(28)6-13(26)7-17(21)29/h2-8,19,22,31H,1H3. The Morgan fingerprint density at radius 2 is 1.62 bits per heavy atom. The van der Waals surface area contributed by atoms with Crippen LogP contribution in [0.25, 0.3) is 0 Å². The van der Waals surface area contributed by atoms with E-state index in [9.17, 15) is 31.5 Å². The average Bonchev–Trinajstić information content (AvgIpc) is 2.77. The van der Waals surface area contributed by atoms with Gasteiger partial charge in [-0.3, -0.25) is 4.79 Å². The van der Waals surface area contributed by atoms with Gasteiger partial charge in [-0.1, -0.05) is 6.07 Å². The van der Waals surface area contributed by atoms with Gasteiger partial charge in [0.1, 0.15) is 35.2 Å². The summed E-state index contributed by atoms with van der Waals surface area (Å²) in [6.45, 7) is 0. The molecule has 2 unspecified atom stereocenters. The molecular formula is C24H13F5N2O3. The lowest BCUT2D eigenvalue weighted by Gasteiger charge is -2.35. The van der Waals surface area contributed by atoms with Crippen LogP contribution in [0.1, 0.15) is 49.4 Å². The number of benzene rings is 3. The molecule has 1 heterocycles. The number of halogens is 5. The van der Waals surface area contributed by atoms with Gasteiger partial charge in [-0.15, -0.1) is 0 Å². The van der Waals surface area contributed by atoms with Crippen molar-refractivity contribution < 1.29 is 36.3 Å². The molecule has 0 radical (unpaired) electrons. The minimum atomic E-state index is -1.58. The van der Waals surface area contributed by atoms with E-state index in [1.165, 1.54) is 6.07 Å². The number of nitriles is 1. The van der Waals surface area contributed by atoms with Gasteiger partial charge >= 0.3 is 5.97 Å². The monoisotopic (exact) mass is 472 g/mol. The average molecular weight is 472 g/mol. The molecule has 0 aromatic heterocycles. The number of ether oxygens (including phenoxy) is 1. The largest absolute Gasteiger partial charge is 0.465 e. The summed E-state index contributed by atoms with van der Waals surface area (Å²) in [4.78, 5) is 25.9. The van der Waals surface area contributed by atoms with E-state index in [-0.39, 0.29) is 22.4 Å². The van der Waals surface area contributed by atoms with Crippen molar-refractivity contribution in [1.29, 1.82) is 5.26 Å². The number of rotatable bonds is 3. The molecule has 0 aliphatic carbocycles. The second kappa shape index (κ2) is 8.59. The van der Waals surface area contributed by atoms with Gasteiger partial charge in [0.2, 0.25) is 0 Å². The van der Waals surface area contributed by atoms with Crippen LogP contribution in [-0.2, 0) is 4.74 Å². The molecule has 0 amide bonds. The number of esters is 1. The SMILES string of the molecule is COC(=O)c1cc(F)cc2c1C(=O)C(c1ccc(C#N)c(F)c1)C(c1c(F)cc(F)cc1F)N2. The highest BCUT2D eigenvalue weighted by molar-refractivity contribution is 6.14. The zero-order valence-electron chi connectivity index (χ0n) is 17.3. The third-order valence-corrected chi connectivity index (χ3v) is 5.51. The van der Waals surface area contributed by atoms with Gasteiger partial charge in [0.15, 0.2) is 5.78 Å². The fourth-order valence-corrected chi connectivity index (χ4v) is 4.06. The first-order chi connectivity index (χ1) is 16.2. The molecule has 0 bridgehead atoms. The molecule has 0 fully saturated rings. The Balaban J connectivity index is 2.00. The van der Waals surface area contributed by atoms with Crippen molar-refractivity contribution >= 4 is 17.4 Å². The summed E-state index contributed by atoms with van der Waals surface area (Å²) < 4.78 is 76.3. The third-order valence-electron chi connectivity index (χ3n) is 5.51. The van der Waals surface area contributed by atoms with Gasteiger partial charge in [-0.05, 0) is 29.8 Å². The molecule has 5 nitrogen and oxygen atoms in total. The number of nitrogens with zero attached hydrogens (tertiary/aromatic N) is 1. The zero-order valence-corrected chi connectivity index (χ0v) is 17.3. The maximum absolute atomic E-state index is 14.7. The molecule has 0 saturated heterocycles. The van der Waals surface area contributed by atoms with Gasteiger partial charge in [-0.25, -0.2) is 26.7 Å². The number of carbonyl (C=O) groups is 2. The first kappa shape index (κ1) is 22.9. The fraction of sp³-hybridized carbons (Fsp3) is 0.125. The van der Waals surface area contributed by atoms with Crippen molar-refractivity contribution in [3.8, 4) is 6.07 Å². The highest BCUT2D eigenvalue weighted by atomic mass is 19.2. The van der Waals surface area contributed by atoms with Crippen LogP contribution in [0.2, 0.25) is 0 Å². The Hall–Kier alpha value is -4.26. The van der Waals surface area contributed by atoms with Crippen LogP contribution in [0.5, 0.6) is 0 Å². The molecule has 3 aromatic carbocycles. The predicted molar refractivity (Wildman–Crippen MR) is 109 cm³/mol. The van der Waals surface area contributed by atoms with Crippen LogP contribution in [0.15, 0.2) is 42.5 Å². The number of fused-ring (bicyclic) bond motifs is 1. The minimum Gasteiger partial charge on any atom is -0.465 e. The van der Waals surface area contributed by atoms with Crippen molar-refractivity contribution in [2.75, 3.05) is 12.4 Å². The number of carbonyl (C=O) groups excluding carboxylic acids is 2. The van der Waals surface area contributed by atoms with Crippen LogP contribution in [0.4, 0.5) is 27.6 Å². The van der Waals surface area contributed by atoms with Gasteiger partial charge in [0, 0.05) is 23.4 Å². The van der Waals surface area contributed by atoms with Crippen LogP contribution in [0, 0.1) is 40.4 Å². The molecule has 1 N–H and O–H groups in total. The molecule has 1 aliphatic heterocycles. The molecule has 2 atom stereocenters. The van der Waals surface area contributed by atoms with Crippen molar-refractivity contribution in [3.05, 3.63) is 99.4 Å². The topological polar surface area (TPSA) is 79.2 Å². The number of Topliss-reactive ketones (excluding diaryl/α,β-unsaturated/α-hetero) is 1. The summed E-state index contributed by atoms with van der Waals surface area (Å²) >= 11 is 0. The van der Waals surface area contributed by atoms with Gasteiger partial charge in [0.25, 0.3) is 0 Å². The van der Waals surface area contributed by atoms with Gasteiger partial charge in [0.05, 0.1) is 35.8 Å². The number of nitrogens with one attached hydrogen (secondary N) is 1. The van der Waals surface area contributed by atoms with E-state index < -0.39 is 63.9 Å². The number of hydrogen-bond donors (Lipinski definition) is 1. The van der Waals surface area contributed by atoms with Crippen molar-refractivity contribution in [2.45, 2.75) is 12.0 Å². The second-order valence-corrected chi connectivity index (χ2v) is 7.47. The van der Waals surface area contributed by atoms with Gasteiger partial charge < -0.3 is 10.1 Å². The van der Waals surface area contributed by atoms with E-state index in [1.807, 2.05) is 0 Å². The highest BCUT2D eigenvalue weighted by Gasteiger charge is 2.42. The smallest absolute Gasteiger partial charge is 0.338 e. The number of hydrogen-bond acceptors (Lipinski definition) is 5. The lowest BCUT2D eigenvalue weighted by Crippen LogP contribution is -2.34. The Bertz CT molecular complexity index is 1380. The number of methoxy groups -OCH3 is 1. The molecule has 34 heavy (non-hydrogen) atoms. The lowest BCUT2D eigenvalue weighted by atomic mass is 9.76. The Kier molecular flexibility index (Phi) is 5.79. The molecule has 172 valence electrons. The van der Waals surface area contributed by atoms with Crippen molar-refractivity contribution in [1.82, 2.24) is 0 Å². The molecule has 0 saturated carbocycles. The van der Waals surface area contributed by atoms with E-state index in [0.29, 0.717) is 12.1 Å². The first-order valence-electron chi connectivity index (χ1n) is 9.72. The quantitative estimate of drug-likeness (QED) is 0.420. The number of ketones is 1.